The maximum Gasteiger partial charge on any atom is 0.130 e. The van der Waals surface area contributed by atoms with E-state index in [1.165, 1.54) is 0 Å². The molecule has 0 saturated heterocycles. The number of aromatic nitrogens is 2. The summed E-state index contributed by atoms with van der Waals surface area (Å²) in [5, 5.41) is 21.0. The predicted molar refractivity (Wildman–Crippen MR) is 66.2 cm³/mol. The average Bonchev–Trinajstić information content (AvgIpc) is 2.82. The van der Waals surface area contributed by atoms with Gasteiger partial charge in [0.2, 0.25) is 0 Å². The van der Waals surface area contributed by atoms with E-state index < -0.39 is 0 Å². The van der Waals surface area contributed by atoms with Gasteiger partial charge in [0.1, 0.15) is 17.3 Å². The molecule has 88 valence electrons. The lowest BCUT2D eigenvalue weighted by atomic mass is 10.0. The molecule has 0 aliphatic heterocycles. The topological polar surface area (TPSA) is 69.1 Å². The van der Waals surface area contributed by atoms with Crippen LogP contribution in [0.4, 0.5) is 0 Å². The Morgan fingerprint density at radius 1 is 1.24 bits per heavy atom. The highest BCUT2D eigenvalue weighted by Gasteiger charge is 2.09. The minimum absolute atomic E-state index is 0.109. The molecule has 0 radical (unpaired) electrons. The van der Waals surface area contributed by atoms with Crippen LogP contribution in [0, 0.1) is 13.8 Å². The number of benzene rings is 1. The predicted octanol–water partition coefficient (Wildman–Crippen LogP) is 0.677. The van der Waals surface area contributed by atoms with Gasteiger partial charge in [-0.3, -0.25) is 0 Å². The fourth-order valence-corrected chi connectivity index (χ4v) is 1.72. The summed E-state index contributed by atoms with van der Waals surface area (Å²) in [4.78, 5) is 6.97. The number of rotatable bonds is 1. The Morgan fingerprint density at radius 3 is 2.53 bits per heavy atom. The minimum atomic E-state index is 0.109. The smallest absolute Gasteiger partial charge is 0.130 e. The highest BCUT2D eigenvalue weighted by molar-refractivity contribution is 5.55. The molecule has 0 aliphatic carbocycles. The molecule has 4 nitrogen and oxygen atoms in total. The molecule has 0 atom stereocenters. The normalized spacial score (nSPS) is 12.0. The highest BCUT2D eigenvalue weighted by atomic mass is 16.3. The first-order chi connectivity index (χ1) is 8.02. The van der Waals surface area contributed by atoms with Gasteiger partial charge in [0.25, 0.3) is 0 Å². The van der Waals surface area contributed by atoms with Crippen LogP contribution < -0.4 is 10.4 Å². The van der Waals surface area contributed by atoms with Crippen LogP contribution in [0.25, 0.3) is 12.7 Å². The SMILES string of the molecule is C=c1c(C)c(O)/c(=C/c2ncc[nH]2)c(C)c1O. The second-order valence-electron chi connectivity index (χ2n) is 3.96. The van der Waals surface area contributed by atoms with E-state index in [0.717, 1.165) is 0 Å². The summed E-state index contributed by atoms with van der Waals surface area (Å²) in [6.45, 7) is 7.18. The number of hydrogen-bond donors (Lipinski definition) is 3. The third kappa shape index (κ3) is 1.78. The molecule has 4 heteroatoms. The number of hydrogen-bond acceptors (Lipinski definition) is 3. The fraction of sp³-hybridized carbons (Fsp3) is 0.154. The lowest BCUT2D eigenvalue weighted by Gasteiger charge is -2.07. The Kier molecular flexibility index (Phi) is 2.63. The van der Waals surface area contributed by atoms with Crippen molar-refractivity contribution in [1.29, 1.82) is 0 Å². The van der Waals surface area contributed by atoms with E-state index in [1.54, 1.807) is 32.3 Å². The molecule has 0 saturated carbocycles. The zero-order valence-electron chi connectivity index (χ0n) is 9.78. The van der Waals surface area contributed by atoms with Crippen LogP contribution in [-0.4, -0.2) is 20.2 Å². The maximum absolute atomic E-state index is 10.1. The van der Waals surface area contributed by atoms with Crippen molar-refractivity contribution in [2.24, 2.45) is 0 Å². The van der Waals surface area contributed by atoms with Crippen molar-refractivity contribution in [2.45, 2.75) is 13.8 Å². The minimum Gasteiger partial charge on any atom is -0.507 e. The highest BCUT2D eigenvalue weighted by Crippen LogP contribution is 2.14. The van der Waals surface area contributed by atoms with Gasteiger partial charge in [0, 0.05) is 34.0 Å². The van der Waals surface area contributed by atoms with Crippen LogP contribution in [0.2, 0.25) is 0 Å². The fourth-order valence-electron chi connectivity index (χ4n) is 1.72. The van der Waals surface area contributed by atoms with E-state index in [4.69, 9.17) is 0 Å². The number of phenolic OH excluding ortho intramolecular Hbond substituents is 2. The van der Waals surface area contributed by atoms with Gasteiger partial charge in [-0.15, -0.1) is 0 Å². The monoisotopic (exact) mass is 230 g/mol. The van der Waals surface area contributed by atoms with Crippen LogP contribution in [0.1, 0.15) is 17.0 Å². The van der Waals surface area contributed by atoms with E-state index >= 15 is 0 Å². The van der Waals surface area contributed by atoms with Crippen molar-refractivity contribution in [3.63, 3.8) is 0 Å². The maximum atomic E-state index is 10.1. The van der Waals surface area contributed by atoms with Crippen LogP contribution in [0.5, 0.6) is 11.5 Å². The van der Waals surface area contributed by atoms with Crippen LogP contribution in [0.3, 0.4) is 0 Å². The van der Waals surface area contributed by atoms with Crippen molar-refractivity contribution >= 4 is 12.7 Å². The van der Waals surface area contributed by atoms with E-state index in [9.17, 15) is 10.2 Å². The number of imidazole rings is 1. The quantitative estimate of drug-likeness (QED) is 0.631. The van der Waals surface area contributed by atoms with E-state index in [-0.39, 0.29) is 11.5 Å². The van der Waals surface area contributed by atoms with Gasteiger partial charge in [0.05, 0.1) is 0 Å². The summed E-state index contributed by atoms with van der Waals surface area (Å²) in [5.41, 5.74) is 1.17. The number of aromatic hydroxyl groups is 2. The summed E-state index contributed by atoms with van der Waals surface area (Å²) in [5.74, 6) is 0.860. The Labute approximate surface area is 98.6 Å². The number of phenols is 2. The van der Waals surface area contributed by atoms with Gasteiger partial charge in [-0.2, -0.15) is 0 Å². The molecular formula is C13H14N2O2. The Hall–Kier alpha value is -2.23. The molecule has 1 aromatic carbocycles. The largest absolute Gasteiger partial charge is 0.507 e. The zero-order chi connectivity index (χ0) is 12.6. The van der Waals surface area contributed by atoms with Crippen molar-refractivity contribution < 1.29 is 10.2 Å². The van der Waals surface area contributed by atoms with Crippen LogP contribution >= 0.6 is 0 Å². The van der Waals surface area contributed by atoms with Crippen molar-refractivity contribution in [1.82, 2.24) is 9.97 Å². The molecule has 1 heterocycles. The summed E-state index contributed by atoms with van der Waals surface area (Å²) in [6, 6.07) is 0. The molecule has 2 rings (SSSR count). The summed E-state index contributed by atoms with van der Waals surface area (Å²) in [7, 11) is 0. The number of aromatic amines is 1. The third-order valence-electron chi connectivity index (χ3n) is 2.91. The molecule has 0 unspecified atom stereocenters. The van der Waals surface area contributed by atoms with Crippen molar-refractivity contribution in [3.05, 3.63) is 39.8 Å². The van der Waals surface area contributed by atoms with E-state index in [1.807, 2.05) is 0 Å². The first kappa shape index (κ1) is 11.3. The van der Waals surface area contributed by atoms with Gasteiger partial charge in [-0.25, -0.2) is 4.98 Å². The molecule has 0 amide bonds. The van der Waals surface area contributed by atoms with Crippen LogP contribution in [-0.2, 0) is 0 Å². The average molecular weight is 230 g/mol. The summed E-state index contributed by atoms with van der Waals surface area (Å²) < 4.78 is 0. The lowest BCUT2D eigenvalue weighted by molar-refractivity contribution is 0.445. The van der Waals surface area contributed by atoms with Gasteiger partial charge in [-0.05, 0) is 19.9 Å². The van der Waals surface area contributed by atoms with Gasteiger partial charge in [-0.1, -0.05) is 6.58 Å². The Morgan fingerprint density at radius 2 is 1.94 bits per heavy atom. The number of nitrogens with zero attached hydrogens (tertiary/aromatic N) is 1. The number of H-pyrrole nitrogens is 1. The van der Waals surface area contributed by atoms with E-state index in [2.05, 4.69) is 16.5 Å². The Balaban J connectivity index is 2.84. The summed E-state index contributed by atoms with van der Waals surface area (Å²) >= 11 is 0. The lowest BCUT2D eigenvalue weighted by Crippen LogP contribution is -2.17. The Bertz CT molecular complexity index is 623. The second kappa shape index (κ2) is 3.97. The van der Waals surface area contributed by atoms with Gasteiger partial charge < -0.3 is 15.2 Å². The van der Waals surface area contributed by atoms with Crippen molar-refractivity contribution in [2.75, 3.05) is 0 Å². The molecule has 0 aliphatic rings. The van der Waals surface area contributed by atoms with Crippen LogP contribution in [0.15, 0.2) is 12.4 Å². The summed E-state index contributed by atoms with van der Waals surface area (Å²) in [6.07, 6.45) is 5.01. The molecule has 3 N–H and O–H groups in total. The first-order valence-electron chi connectivity index (χ1n) is 5.23. The molecule has 0 spiro atoms. The van der Waals surface area contributed by atoms with Gasteiger partial charge >= 0.3 is 0 Å². The van der Waals surface area contributed by atoms with E-state index in [0.29, 0.717) is 27.4 Å². The second-order valence-corrected chi connectivity index (χ2v) is 3.96. The molecule has 17 heavy (non-hydrogen) atoms. The third-order valence-corrected chi connectivity index (χ3v) is 2.91. The molecule has 2 aromatic rings. The zero-order valence-corrected chi connectivity index (χ0v) is 9.78. The van der Waals surface area contributed by atoms with Gasteiger partial charge in [0.15, 0.2) is 0 Å². The first-order valence-corrected chi connectivity index (χ1v) is 5.23. The van der Waals surface area contributed by atoms with Crippen molar-refractivity contribution in [3.8, 4) is 11.5 Å². The standard InChI is InChI=1S/C13H14N2O2/c1-7-8(2)13(17)10(9(3)12(7)16)6-11-14-4-5-15-11/h4-6,16-17H,1H2,2-3H3,(H,14,15)/b10-6+. The molecule has 0 fully saturated rings. The molecule has 1 aromatic heterocycles. The number of nitrogens with one attached hydrogen (secondary N) is 1. The molecular weight excluding hydrogens is 216 g/mol. The molecule has 0 bridgehead atoms.